The lowest BCUT2D eigenvalue weighted by Crippen LogP contribution is -2.61. The summed E-state index contributed by atoms with van der Waals surface area (Å²) in [7, 11) is 0. The highest BCUT2D eigenvalue weighted by atomic mass is 16.7. The Kier molecular flexibility index (Phi) is 1.58. The second-order valence-electron chi connectivity index (χ2n) is 7.86. The molecule has 4 saturated carbocycles. The first kappa shape index (κ1) is 10.6. The number of aliphatic hydroxyl groups excluding tert-OH is 1. The summed E-state index contributed by atoms with van der Waals surface area (Å²) in [6.45, 7) is 2.22. The normalized spacial score (nSPS) is 66.5. The zero-order valence-corrected chi connectivity index (χ0v) is 10.9. The lowest BCUT2D eigenvalue weighted by molar-refractivity contribution is -0.287. The first-order valence-electron chi connectivity index (χ1n) is 7.60. The van der Waals surface area contributed by atoms with Gasteiger partial charge in [0.2, 0.25) is 0 Å². The van der Waals surface area contributed by atoms with E-state index >= 15 is 0 Å². The van der Waals surface area contributed by atoms with Crippen LogP contribution in [0.15, 0.2) is 0 Å². The van der Waals surface area contributed by atoms with Gasteiger partial charge < -0.3 is 14.9 Å². The summed E-state index contributed by atoms with van der Waals surface area (Å²) in [5.41, 5.74) is 0.358. The van der Waals surface area contributed by atoms with E-state index in [1.165, 1.54) is 19.3 Å². The van der Waals surface area contributed by atoms with Gasteiger partial charge in [0.15, 0.2) is 5.79 Å². The van der Waals surface area contributed by atoms with E-state index in [0.717, 1.165) is 19.3 Å². The smallest absolute Gasteiger partial charge is 0.172 e. The molecule has 0 radical (unpaired) electrons. The molecule has 7 atom stereocenters. The molecule has 3 heteroatoms. The zero-order chi connectivity index (χ0) is 12.3. The third-order valence-electron chi connectivity index (χ3n) is 7.19. The first-order valence-corrected chi connectivity index (χ1v) is 7.60. The largest absolute Gasteiger partial charge is 0.393 e. The maximum absolute atomic E-state index is 11.1. The Labute approximate surface area is 108 Å². The van der Waals surface area contributed by atoms with Gasteiger partial charge in [-0.15, -0.1) is 0 Å². The quantitative estimate of drug-likeness (QED) is 0.687. The van der Waals surface area contributed by atoms with Crippen LogP contribution in [0.25, 0.3) is 0 Å². The molecule has 5 fully saturated rings. The van der Waals surface area contributed by atoms with Crippen LogP contribution < -0.4 is 0 Å². The van der Waals surface area contributed by atoms with E-state index in [9.17, 15) is 10.2 Å². The molecule has 5 rings (SSSR count). The van der Waals surface area contributed by atoms with Gasteiger partial charge in [0, 0.05) is 17.8 Å². The minimum absolute atomic E-state index is 0.120. The maximum Gasteiger partial charge on any atom is 0.172 e. The molecule has 1 saturated heterocycles. The molecule has 4 aliphatic carbocycles. The highest BCUT2D eigenvalue weighted by Gasteiger charge is 2.80. The van der Waals surface area contributed by atoms with Crippen molar-refractivity contribution >= 4 is 0 Å². The second-order valence-corrected chi connectivity index (χ2v) is 7.86. The summed E-state index contributed by atoms with van der Waals surface area (Å²) in [4.78, 5) is 0. The van der Waals surface area contributed by atoms with Crippen molar-refractivity contribution in [2.24, 2.45) is 29.1 Å². The molecule has 2 N–H and O–H groups in total. The fraction of sp³-hybridized carbons (Fsp3) is 1.00. The van der Waals surface area contributed by atoms with Gasteiger partial charge >= 0.3 is 0 Å². The Hall–Kier alpha value is -0.120. The molecule has 100 valence electrons. The van der Waals surface area contributed by atoms with Crippen molar-refractivity contribution in [3.05, 3.63) is 0 Å². The van der Waals surface area contributed by atoms with Crippen LogP contribution in [-0.4, -0.2) is 27.7 Å². The Bertz CT molecular complexity index is 419. The number of fused-ring (bicyclic) bond motifs is 1. The van der Waals surface area contributed by atoms with Crippen LogP contribution in [0.3, 0.4) is 0 Å². The van der Waals surface area contributed by atoms with Gasteiger partial charge in [-0.05, 0) is 56.8 Å². The molecule has 1 heterocycles. The van der Waals surface area contributed by atoms with Crippen molar-refractivity contribution in [2.75, 3.05) is 0 Å². The Morgan fingerprint density at radius 3 is 2.50 bits per heavy atom. The van der Waals surface area contributed by atoms with E-state index in [4.69, 9.17) is 4.74 Å². The number of hydrogen-bond donors (Lipinski definition) is 2. The van der Waals surface area contributed by atoms with Gasteiger partial charge in [0.1, 0.15) is 0 Å². The minimum Gasteiger partial charge on any atom is -0.393 e. The molecule has 0 unspecified atom stereocenters. The third-order valence-corrected chi connectivity index (χ3v) is 7.19. The van der Waals surface area contributed by atoms with Crippen molar-refractivity contribution in [1.29, 1.82) is 0 Å². The van der Waals surface area contributed by atoms with E-state index in [1.807, 2.05) is 0 Å². The SMILES string of the molecule is C[C@]12CC[C@@H]3[C@@H]4C[C@@H](O)C[C@H]([C@H]1C31CC1)[C@]4(O)O2. The number of rotatable bonds is 0. The highest BCUT2D eigenvalue weighted by Crippen LogP contribution is 2.79. The van der Waals surface area contributed by atoms with E-state index in [2.05, 4.69) is 6.92 Å². The second kappa shape index (κ2) is 2.68. The molecule has 1 spiro atoms. The van der Waals surface area contributed by atoms with Gasteiger partial charge in [0.25, 0.3) is 0 Å². The summed E-state index contributed by atoms with van der Waals surface area (Å²) in [5.74, 6) is 0.576. The van der Waals surface area contributed by atoms with Gasteiger partial charge in [0.05, 0.1) is 11.7 Å². The molecule has 3 nitrogen and oxygen atoms in total. The van der Waals surface area contributed by atoms with E-state index in [-0.39, 0.29) is 23.5 Å². The minimum atomic E-state index is -0.909. The lowest BCUT2D eigenvalue weighted by Gasteiger charge is -2.57. The van der Waals surface area contributed by atoms with Crippen molar-refractivity contribution in [1.82, 2.24) is 0 Å². The lowest BCUT2D eigenvalue weighted by atomic mass is 9.47. The first-order chi connectivity index (χ1) is 8.50. The van der Waals surface area contributed by atoms with Crippen LogP contribution >= 0.6 is 0 Å². The van der Waals surface area contributed by atoms with Gasteiger partial charge in [-0.1, -0.05) is 0 Å². The van der Waals surface area contributed by atoms with E-state index in [1.54, 1.807) is 0 Å². The van der Waals surface area contributed by atoms with Crippen LogP contribution in [0, 0.1) is 29.1 Å². The van der Waals surface area contributed by atoms with Gasteiger partial charge in [-0.3, -0.25) is 0 Å². The monoisotopic (exact) mass is 250 g/mol. The van der Waals surface area contributed by atoms with Crippen molar-refractivity contribution < 1.29 is 14.9 Å². The standard InChI is InChI=1S/C15H22O3/c1-13-3-2-9-10-6-8(16)7-11(15(10,17)18-13)12(13)14(9)4-5-14/h8-12,16-17H,2-7H2,1H3/t8-,9-,10+,11-,12-,13+,15-/m1/s1. The molecular weight excluding hydrogens is 228 g/mol. The summed E-state index contributed by atoms with van der Waals surface area (Å²) >= 11 is 0. The molecule has 0 aromatic heterocycles. The summed E-state index contributed by atoms with van der Waals surface area (Å²) in [6.07, 6.45) is 6.25. The fourth-order valence-corrected chi connectivity index (χ4v) is 6.74. The Morgan fingerprint density at radius 1 is 1.06 bits per heavy atom. The third kappa shape index (κ3) is 0.889. The van der Waals surface area contributed by atoms with Gasteiger partial charge in [-0.2, -0.15) is 0 Å². The molecule has 0 aromatic carbocycles. The number of ether oxygens (including phenoxy) is 1. The molecule has 18 heavy (non-hydrogen) atoms. The van der Waals surface area contributed by atoms with E-state index < -0.39 is 5.79 Å². The molecule has 0 amide bonds. The maximum atomic E-state index is 11.1. The van der Waals surface area contributed by atoms with Crippen molar-refractivity contribution in [3.8, 4) is 0 Å². The van der Waals surface area contributed by atoms with E-state index in [0.29, 0.717) is 17.3 Å². The fourth-order valence-electron chi connectivity index (χ4n) is 6.74. The Balaban J connectivity index is 1.74. The van der Waals surface area contributed by atoms with Gasteiger partial charge in [-0.25, -0.2) is 0 Å². The highest BCUT2D eigenvalue weighted by molar-refractivity contribution is 5.26. The van der Waals surface area contributed by atoms with Crippen molar-refractivity contribution in [3.63, 3.8) is 0 Å². The summed E-state index contributed by atoms with van der Waals surface area (Å²) in [5, 5.41) is 21.2. The van der Waals surface area contributed by atoms with Crippen LogP contribution in [0.4, 0.5) is 0 Å². The average Bonchev–Trinajstić information content (AvgIpc) is 3.00. The zero-order valence-electron chi connectivity index (χ0n) is 10.9. The average molecular weight is 250 g/mol. The predicted molar refractivity (Wildman–Crippen MR) is 64.5 cm³/mol. The summed E-state index contributed by atoms with van der Waals surface area (Å²) < 4.78 is 6.29. The van der Waals surface area contributed by atoms with Crippen LogP contribution in [0.2, 0.25) is 0 Å². The molecule has 1 aliphatic heterocycles. The molecular formula is C15H22O3. The van der Waals surface area contributed by atoms with Crippen LogP contribution in [0.1, 0.15) is 45.4 Å². The van der Waals surface area contributed by atoms with Crippen molar-refractivity contribution in [2.45, 2.75) is 62.9 Å². The number of aliphatic hydroxyl groups is 2. The van der Waals surface area contributed by atoms with Crippen LogP contribution in [0.5, 0.6) is 0 Å². The molecule has 5 bridgehead atoms. The summed E-state index contributed by atoms with van der Waals surface area (Å²) in [6, 6.07) is 0. The van der Waals surface area contributed by atoms with Crippen LogP contribution in [-0.2, 0) is 4.74 Å². The molecule has 0 aromatic rings. The number of hydrogen-bond acceptors (Lipinski definition) is 3. The molecule has 5 aliphatic rings. The topological polar surface area (TPSA) is 49.7 Å². The predicted octanol–water partition coefficient (Wildman–Crippen LogP) is 1.67. The Morgan fingerprint density at radius 2 is 1.78 bits per heavy atom.